The van der Waals surface area contributed by atoms with Gasteiger partial charge < -0.3 is 14.9 Å². The molecular formula is C15H20N2O3S. The molecule has 0 radical (unpaired) electrons. The number of aliphatic carboxylic acids is 1. The van der Waals surface area contributed by atoms with Crippen LogP contribution in [0.5, 0.6) is 0 Å². The first-order valence-electron chi connectivity index (χ1n) is 6.87. The second-order valence-corrected chi connectivity index (χ2v) is 6.62. The second-order valence-electron chi connectivity index (χ2n) is 5.38. The van der Waals surface area contributed by atoms with Gasteiger partial charge in [0, 0.05) is 18.0 Å². The van der Waals surface area contributed by atoms with Crippen LogP contribution in [0.2, 0.25) is 0 Å². The van der Waals surface area contributed by atoms with E-state index in [0.29, 0.717) is 19.5 Å². The van der Waals surface area contributed by atoms with E-state index < -0.39 is 5.97 Å². The number of carbonyl (C=O) groups excluding carboxylic acids is 1. The minimum Gasteiger partial charge on any atom is -0.480 e. The molecule has 1 aromatic rings. The highest BCUT2D eigenvalue weighted by molar-refractivity contribution is 8.01. The lowest BCUT2D eigenvalue weighted by atomic mass is 10.1. The number of carboxylic acids is 1. The van der Waals surface area contributed by atoms with Crippen LogP contribution in [-0.2, 0) is 16.0 Å². The van der Waals surface area contributed by atoms with Crippen molar-refractivity contribution in [1.29, 1.82) is 0 Å². The van der Waals surface area contributed by atoms with Crippen molar-refractivity contribution in [2.45, 2.75) is 16.6 Å². The van der Waals surface area contributed by atoms with Crippen molar-refractivity contribution < 1.29 is 14.7 Å². The number of hydrogen-bond acceptors (Lipinski definition) is 4. The lowest BCUT2D eigenvalue weighted by Gasteiger charge is -2.25. The van der Waals surface area contributed by atoms with Gasteiger partial charge in [-0.15, -0.1) is 11.8 Å². The number of thioether (sulfide) groups is 1. The molecule has 1 N–H and O–H groups in total. The monoisotopic (exact) mass is 308 g/mol. The average Bonchev–Trinajstić information content (AvgIpc) is 2.86. The van der Waals surface area contributed by atoms with E-state index in [1.807, 2.05) is 43.3 Å². The molecule has 2 rings (SSSR count). The van der Waals surface area contributed by atoms with Gasteiger partial charge in [0.25, 0.3) is 0 Å². The van der Waals surface area contributed by atoms with Crippen LogP contribution in [0, 0.1) is 0 Å². The van der Waals surface area contributed by atoms with E-state index in [1.165, 1.54) is 22.2 Å². The van der Waals surface area contributed by atoms with Crippen LogP contribution in [0.15, 0.2) is 29.2 Å². The largest absolute Gasteiger partial charge is 0.480 e. The van der Waals surface area contributed by atoms with E-state index in [0.717, 1.165) is 4.90 Å². The molecule has 1 aliphatic rings. The Balaban J connectivity index is 2.03. The maximum atomic E-state index is 12.6. The molecule has 0 saturated heterocycles. The fourth-order valence-corrected chi connectivity index (χ4v) is 3.55. The van der Waals surface area contributed by atoms with Crippen LogP contribution in [0.25, 0.3) is 0 Å². The predicted molar refractivity (Wildman–Crippen MR) is 82.6 cm³/mol. The second kappa shape index (κ2) is 6.95. The number of benzene rings is 1. The van der Waals surface area contributed by atoms with Gasteiger partial charge >= 0.3 is 5.97 Å². The number of amides is 1. The minimum absolute atomic E-state index is 0.0829. The van der Waals surface area contributed by atoms with Gasteiger partial charge in [0.2, 0.25) is 5.91 Å². The van der Waals surface area contributed by atoms with Crippen LogP contribution in [0.4, 0.5) is 0 Å². The summed E-state index contributed by atoms with van der Waals surface area (Å²) in [6.07, 6.45) is 0.678. The highest BCUT2D eigenvalue weighted by atomic mass is 32.2. The van der Waals surface area contributed by atoms with Crippen LogP contribution in [0.3, 0.4) is 0 Å². The maximum Gasteiger partial charge on any atom is 0.323 e. The molecule has 5 nitrogen and oxygen atoms in total. The summed E-state index contributed by atoms with van der Waals surface area (Å²) in [4.78, 5) is 28.1. The molecule has 1 unspecified atom stereocenters. The quantitative estimate of drug-likeness (QED) is 0.855. The molecule has 1 atom stereocenters. The summed E-state index contributed by atoms with van der Waals surface area (Å²) in [6, 6.07) is 7.96. The van der Waals surface area contributed by atoms with E-state index in [1.54, 1.807) is 0 Å². The molecule has 21 heavy (non-hydrogen) atoms. The average molecular weight is 308 g/mol. The lowest BCUT2D eigenvalue weighted by molar-refractivity contribution is -0.144. The third-order valence-electron chi connectivity index (χ3n) is 3.38. The van der Waals surface area contributed by atoms with Crippen LogP contribution >= 0.6 is 11.8 Å². The van der Waals surface area contributed by atoms with E-state index in [4.69, 9.17) is 5.11 Å². The number of rotatable bonds is 6. The Morgan fingerprint density at radius 1 is 1.29 bits per heavy atom. The fraction of sp³-hybridized carbons (Fsp3) is 0.467. The van der Waals surface area contributed by atoms with Gasteiger partial charge in [0.15, 0.2) is 0 Å². The molecule has 1 heterocycles. The van der Waals surface area contributed by atoms with Crippen LogP contribution < -0.4 is 0 Å². The summed E-state index contributed by atoms with van der Waals surface area (Å²) in [5.74, 6) is -1.05. The Kier molecular flexibility index (Phi) is 5.25. The van der Waals surface area contributed by atoms with E-state index in [-0.39, 0.29) is 17.7 Å². The number of hydrogen-bond donors (Lipinski definition) is 1. The van der Waals surface area contributed by atoms with E-state index in [2.05, 4.69) is 0 Å². The predicted octanol–water partition coefficient (Wildman–Crippen LogP) is 1.18. The summed E-state index contributed by atoms with van der Waals surface area (Å²) in [7, 11) is 3.81. The van der Waals surface area contributed by atoms with Crippen molar-refractivity contribution >= 4 is 23.6 Å². The van der Waals surface area contributed by atoms with Gasteiger partial charge in [-0.05, 0) is 32.1 Å². The standard InChI is InChI=1S/C15H20N2O3S/c1-16(2)7-8-17(10-14(18)19)15(20)13-9-11-5-3-4-6-12(11)21-13/h3-6,13H,7-10H2,1-2H3,(H,18,19). The van der Waals surface area contributed by atoms with Gasteiger partial charge in [-0.1, -0.05) is 18.2 Å². The van der Waals surface area contributed by atoms with Crippen LogP contribution in [-0.4, -0.2) is 65.8 Å². The SMILES string of the molecule is CN(C)CCN(CC(=O)O)C(=O)C1Cc2ccccc2S1. The number of fused-ring (bicyclic) bond motifs is 1. The highest BCUT2D eigenvalue weighted by Crippen LogP contribution is 2.37. The van der Waals surface area contributed by atoms with E-state index in [9.17, 15) is 9.59 Å². The minimum atomic E-state index is -0.970. The van der Waals surface area contributed by atoms with Gasteiger partial charge in [0.1, 0.15) is 6.54 Å². The third-order valence-corrected chi connectivity index (χ3v) is 4.68. The van der Waals surface area contributed by atoms with Crippen molar-refractivity contribution in [2.75, 3.05) is 33.7 Å². The lowest BCUT2D eigenvalue weighted by Crippen LogP contribution is -2.44. The Labute approximate surface area is 128 Å². The van der Waals surface area contributed by atoms with E-state index >= 15 is 0 Å². The summed E-state index contributed by atoms with van der Waals surface area (Å²) < 4.78 is 0. The zero-order valence-electron chi connectivity index (χ0n) is 12.3. The van der Waals surface area contributed by atoms with Gasteiger partial charge in [-0.25, -0.2) is 0 Å². The highest BCUT2D eigenvalue weighted by Gasteiger charge is 2.31. The number of carboxylic acid groups (broad SMARTS) is 1. The van der Waals surface area contributed by atoms with Crippen molar-refractivity contribution in [2.24, 2.45) is 0 Å². The fourth-order valence-electron chi connectivity index (χ4n) is 2.27. The summed E-state index contributed by atoms with van der Waals surface area (Å²) in [5, 5.41) is 8.80. The van der Waals surface area contributed by atoms with Gasteiger partial charge in [-0.3, -0.25) is 9.59 Å². The zero-order valence-corrected chi connectivity index (χ0v) is 13.1. The molecule has 0 spiro atoms. The molecule has 0 fully saturated rings. The van der Waals surface area contributed by atoms with Gasteiger partial charge in [0.05, 0.1) is 5.25 Å². The van der Waals surface area contributed by atoms with Crippen molar-refractivity contribution in [3.63, 3.8) is 0 Å². The first-order chi connectivity index (χ1) is 9.97. The Morgan fingerprint density at radius 2 is 2.00 bits per heavy atom. The van der Waals surface area contributed by atoms with Crippen molar-refractivity contribution in [1.82, 2.24) is 9.80 Å². The summed E-state index contributed by atoms with van der Waals surface area (Å²) >= 11 is 1.54. The Morgan fingerprint density at radius 3 is 2.62 bits per heavy atom. The molecule has 1 aromatic carbocycles. The smallest absolute Gasteiger partial charge is 0.323 e. The number of carbonyl (C=O) groups is 2. The zero-order chi connectivity index (χ0) is 15.4. The summed E-state index contributed by atoms with van der Waals surface area (Å²) in [6.45, 7) is 0.856. The number of nitrogens with zero attached hydrogens (tertiary/aromatic N) is 2. The molecular weight excluding hydrogens is 288 g/mol. The molecule has 1 amide bonds. The third kappa shape index (κ3) is 4.22. The molecule has 0 saturated carbocycles. The molecule has 1 aliphatic heterocycles. The Hall–Kier alpha value is -1.53. The molecule has 0 aliphatic carbocycles. The first-order valence-corrected chi connectivity index (χ1v) is 7.75. The topological polar surface area (TPSA) is 60.9 Å². The van der Waals surface area contributed by atoms with Crippen molar-refractivity contribution in [3.8, 4) is 0 Å². The normalized spacial score (nSPS) is 16.8. The Bertz CT molecular complexity index is 508. The molecule has 0 aromatic heterocycles. The first kappa shape index (κ1) is 15.9. The van der Waals surface area contributed by atoms with Gasteiger partial charge in [-0.2, -0.15) is 0 Å². The molecule has 114 valence electrons. The van der Waals surface area contributed by atoms with Crippen molar-refractivity contribution in [3.05, 3.63) is 29.8 Å². The van der Waals surface area contributed by atoms with Crippen LogP contribution in [0.1, 0.15) is 5.56 Å². The molecule has 6 heteroatoms. The number of likely N-dealkylation sites (N-methyl/N-ethyl adjacent to an activating group) is 1. The molecule has 0 bridgehead atoms. The summed E-state index contributed by atoms with van der Waals surface area (Å²) in [5.41, 5.74) is 1.17. The maximum absolute atomic E-state index is 12.6.